The fraction of sp³-hybridized carbons (Fsp3) is 0.519. The van der Waals surface area contributed by atoms with E-state index in [1.807, 2.05) is 12.1 Å². The van der Waals surface area contributed by atoms with Crippen molar-refractivity contribution in [3.63, 3.8) is 0 Å². The number of nitrogens with zero attached hydrogens (tertiary/aromatic N) is 3. The van der Waals surface area contributed by atoms with Gasteiger partial charge in [-0.1, -0.05) is 26.8 Å². The Labute approximate surface area is 210 Å². The predicted octanol–water partition coefficient (Wildman–Crippen LogP) is 4.06. The smallest absolute Gasteiger partial charge is 0.255 e. The summed E-state index contributed by atoms with van der Waals surface area (Å²) >= 11 is 0. The van der Waals surface area contributed by atoms with Gasteiger partial charge in [0.1, 0.15) is 0 Å². The van der Waals surface area contributed by atoms with E-state index in [2.05, 4.69) is 48.9 Å². The molecule has 0 saturated carbocycles. The summed E-state index contributed by atoms with van der Waals surface area (Å²) in [5.74, 6) is 0.328. The molecule has 35 heavy (non-hydrogen) atoms. The van der Waals surface area contributed by atoms with E-state index in [4.69, 9.17) is 0 Å². The molecular formula is C27H38N4O3S. The van der Waals surface area contributed by atoms with Crippen LogP contribution in [0.1, 0.15) is 43.1 Å². The molecule has 2 aromatic rings. The van der Waals surface area contributed by atoms with Crippen LogP contribution in [0.5, 0.6) is 0 Å². The molecule has 0 spiro atoms. The second-order valence-corrected chi connectivity index (χ2v) is 12.1. The van der Waals surface area contributed by atoms with Crippen LogP contribution >= 0.6 is 0 Å². The maximum absolute atomic E-state index is 13.3. The fourth-order valence-corrected chi connectivity index (χ4v) is 7.07. The number of sulfonamides is 1. The second kappa shape index (κ2) is 10.7. The zero-order valence-corrected chi connectivity index (χ0v) is 22.1. The number of piperazine rings is 1. The molecule has 2 aliphatic rings. The molecule has 2 fully saturated rings. The minimum atomic E-state index is -3.64. The first-order valence-electron chi connectivity index (χ1n) is 12.7. The van der Waals surface area contributed by atoms with Crippen LogP contribution in [-0.2, 0) is 10.0 Å². The highest BCUT2D eigenvalue weighted by atomic mass is 32.2. The lowest BCUT2D eigenvalue weighted by Gasteiger charge is -2.36. The second-order valence-electron chi connectivity index (χ2n) is 10.2. The summed E-state index contributed by atoms with van der Waals surface area (Å²) in [6, 6.07) is 12.3. The molecule has 2 heterocycles. The Morgan fingerprint density at radius 3 is 2.31 bits per heavy atom. The Kier molecular flexibility index (Phi) is 7.83. The molecule has 190 valence electrons. The normalized spacial score (nSPS) is 22.2. The summed E-state index contributed by atoms with van der Waals surface area (Å²) in [5, 5.41) is 2.94. The average molecular weight is 499 g/mol. The third-order valence-corrected chi connectivity index (χ3v) is 9.01. The van der Waals surface area contributed by atoms with Crippen LogP contribution in [0.25, 0.3) is 0 Å². The highest BCUT2D eigenvalue weighted by Gasteiger charge is 2.32. The minimum Gasteiger partial charge on any atom is -0.369 e. The Morgan fingerprint density at radius 1 is 1.00 bits per heavy atom. The molecule has 7 nitrogen and oxygen atoms in total. The molecule has 0 aromatic heterocycles. The summed E-state index contributed by atoms with van der Waals surface area (Å²) in [4.78, 5) is 18.0. The molecule has 1 amide bonds. The number of hydrogen-bond acceptors (Lipinski definition) is 5. The number of piperidine rings is 1. The lowest BCUT2D eigenvalue weighted by atomic mass is 9.94. The summed E-state index contributed by atoms with van der Waals surface area (Å²) in [5.41, 5.74) is 3.34. The molecule has 2 unspecified atom stereocenters. The molecule has 0 aliphatic carbocycles. The van der Waals surface area contributed by atoms with Gasteiger partial charge in [-0.2, -0.15) is 4.31 Å². The number of nitrogens with one attached hydrogen (secondary N) is 1. The van der Waals surface area contributed by atoms with Crippen LogP contribution in [0, 0.1) is 18.8 Å². The summed E-state index contributed by atoms with van der Waals surface area (Å²) in [6.45, 7) is 14.6. The van der Waals surface area contributed by atoms with Gasteiger partial charge in [0.2, 0.25) is 10.0 Å². The number of amides is 1. The van der Waals surface area contributed by atoms with Gasteiger partial charge in [-0.3, -0.25) is 4.79 Å². The molecule has 2 aliphatic heterocycles. The molecule has 4 rings (SSSR count). The standard InChI is InChI=1S/C27H38N4O3S/c1-5-29-11-13-30(14-12-29)26-10-9-24(16-22(26)4)28-27(32)23-7-6-8-25(17-23)35(33,34)31-18-20(2)15-21(3)19-31/h6-10,16-17,20-21H,5,11-15,18-19H2,1-4H3,(H,28,32). The third kappa shape index (κ3) is 5.88. The van der Waals surface area contributed by atoms with E-state index in [9.17, 15) is 13.2 Å². The SMILES string of the molecule is CCN1CCN(c2ccc(NC(=O)c3cccc(S(=O)(=O)N4CC(C)CC(C)C4)c3)cc2C)CC1. The van der Waals surface area contributed by atoms with Gasteiger partial charge < -0.3 is 15.1 Å². The number of aryl methyl sites for hydroxylation is 1. The maximum atomic E-state index is 13.3. The van der Waals surface area contributed by atoms with E-state index in [1.54, 1.807) is 22.5 Å². The van der Waals surface area contributed by atoms with E-state index in [1.165, 1.54) is 11.8 Å². The molecule has 2 aromatic carbocycles. The van der Waals surface area contributed by atoms with Gasteiger partial charge in [-0.25, -0.2) is 8.42 Å². The summed E-state index contributed by atoms with van der Waals surface area (Å²) < 4.78 is 28.1. The van der Waals surface area contributed by atoms with Gasteiger partial charge in [0.15, 0.2) is 0 Å². The molecule has 1 N–H and O–H groups in total. The topological polar surface area (TPSA) is 73.0 Å². The number of likely N-dealkylation sites (N-methyl/N-ethyl adjacent to an activating group) is 1. The summed E-state index contributed by atoms with van der Waals surface area (Å²) in [6.07, 6.45) is 1.03. The molecule has 8 heteroatoms. The van der Waals surface area contributed by atoms with Gasteiger partial charge in [-0.05, 0) is 73.7 Å². The molecule has 0 radical (unpaired) electrons. The van der Waals surface area contributed by atoms with Crippen LogP contribution in [-0.4, -0.2) is 69.3 Å². The lowest BCUT2D eigenvalue weighted by Crippen LogP contribution is -2.46. The Hall–Kier alpha value is -2.42. The van der Waals surface area contributed by atoms with Crippen molar-refractivity contribution >= 4 is 27.3 Å². The molecule has 0 bridgehead atoms. The van der Waals surface area contributed by atoms with Crippen molar-refractivity contribution in [3.05, 3.63) is 53.6 Å². The van der Waals surface area contributed by atoms with Gasteiger partial charge in [0, 0.05) is 56.2 Å². The first-order valence-corrected chi connectivity index (χ1v) is 14.1. The molecule has 2 atom stereocenters. The zero-order valence-electron chi connectivity index (χ0n) is 21.3. The number of anilines is 2. The number of carbonyl (C=O) groups excluding carboxylic acids is 1. The maximum Gasteiger partial charge on any atom is 0.255 e. The van der Waals surface area contributed by atoms with Crippen molar-refractivity contribution in [1.29, 1.82) is 0 Å². The number of carbonyl (C=O) groups is 1. The van der Waals surface area contributed by atoms with E-state index in [0.717, 1.165) is 44.7 Å². The van der Waals surface area contributed by atoms with Crippen LogP contribution in [0.3, 0.4) is 0 Å². The average Bonchev–Trinajstić information content (AvgIpc) is 2.84. The van der Waals surface area contributed by atoms with Crippen LogP contribution < -0.4 is 10.2 Å². The van der Waals surface area contributed by atoms with Crippen LogP contribution in [0.4, 0.5) is 11.4 Å². The van der Waals surface area contributed by atoms with Gasteiger partial charge in [0.05, 0.1) is 4.90 Å². The summed E-state index contributed by atoms with van der Waals surface area (Å²) in [7, 11) is -3.64. The van der Waals surface area contributed by atoms with Crippen molar-refractivity contribution < 1.29 is 13.2 Å². The monoisotopic (exact) mass is 498 g/mol. The first kappa shape index (κ1) is 25.7. The Morgan fingerprint density at radius 2 is 1.69 bits per heavy atom. The molecule has 2 saturated heterocycles. The Balaban J connectivity index is 1.46. The first-order chi connectivity index (χ1) is 16.7. The highest BCUT2D eigenvalue weighted by Crippen LogP contribution is 2.28. The van der Waals surface area contributed by atoms with Gasteiger partial charge in [-0.15, -0.1) is 0 Å². The van der Waals surface area contributed by atoms with Crippen LogP contribution in [0.15, 0.2) is 47.4 Å². The zero-order chi connectivity index (χ0) is 25.2. The van der Waals surface area contributed by atoms with Crippen LogP contribution in [0.2, 0.25) is 0 Å². The quantitative estimate of drug-likeness (QED) is 0.650. The number of hydrogen-bond donors (Lipinski definition) is 1. The van der Waals surface area contributed by atoms with E-state index >= 15 is 0 Å². The van der Waals surface area contributed by atoms with Crippen molar-refractivity contribution in [1.82, 2.24) is 9.21 Å². The van der Waals surface area contributed by atoms with Crippen molar-refractivity contribution in [2.45, 2.75) is 39.0 Å². The van der Waals surface area contributed by atoms with Crippen molar-refractivity contribution in [2.75, 3.05) is 56.0 Å². The lowest BCUT2D eigenvalue weighted by molar-refractivity contribution is 0.102. The third-order valence-electron chi connectivity index (χ3n) is 7.18. The van der Waals surface area contributed by atoms with E-state index in [0.29, 0.717) is 36.2 Å². The minimum absolute atomic E-state index is 0.171. The van der Waals surface area contributed by atoms with Gasteiger partial charge >= 0.3 is 0 Å². The van der Waals surface area contributed by atoms with E-state index in [-0.39, 0.29) is 10.8 Å². The number of rotatable bonds is 6. The van der Waals surface area contributed by atoms with Crippen molar-refractivity contribution in [2.24, 2.45) is 11.8 Å². The largest absolute Gasteiger partial charge is 0.369 e. The number of benzene rings is 2. The highest BCUT2D eigenvalue weighted by molar-refractivity contribution is 7.89. The fourth-order valence-electron chi connectivity index (χ4n) is 5.35. The molecular weight excluding hydrogens is 460 g/mol. The van der Waals surface area contributed by atoms with E-state index < -0.39 is 10.0 Å². The van der Waals surface area contributed by atoms with Gasteiger partial charge in [0.25, 0.3) is 5.91 Å². The predicted molar refractivity (Wildman–Crippen MR) is 142 cm³/mol. The Bertz CT molecular complexity index is 1150. The van der Waals surface area contributed by atoms with Crippen molar-refractivity contribution in [3.8, 4) is 0 Å².